The highest BCUT2D eigenvalue weighted by Gasteiger charge is 2.21. The molecule has 1 aromatic carbocycles. The van der Waals surface area contributed by atoms with E-state index in [4.69, 9.17) is 16.2 Å². The van der Waals surface area contributed by atoms with Gasteiger partial charge in [0, 0.05) is 29.5 Å². The summed E-state index contributed by atoms with van der Waals surface area (Å²) >= 11 is 1.43. The molecule has 0 radical (unpaired) electrons. The lowest BCUT2D eigenvalue weighted by molar-refractivity contribution is -0.114. The quantitative estimate of drug-likeness (QED) is 0.575. The second kappa shape index (κ2) is 5.64. The molecule has 5 N–H and O–H groups in total. The van der Waals surface area contributed by atoms with Crippen LogP contribution in [-0.2, 0) is 11.2 Å². The molecule has 8 heteroatoms. The summed E-state index contributed by atoms with van der Waals surface area (Å²) in [6.45, 7) is 2.02. The van der Waals surface area contributed by atoms with E-state index >= 15 is 0 Å². The minimum absolute atomic E-state index is 0.0209. The largest absolute Gasteiger partial charge is 0.493 e. The molecule has 1 aliphatic rings. The van der Waals surface area contributed by atoms with Crippen LogP contribution in [0.5, 0.6) is 5.75 Å². The van der Waals surface area contributed by atoms with E-state index in [1.807, 2.05) is 12.1 Å². The van der Waals surface area contributed by atoms with E-state index in [9.17, 15) is 4.79 Å². The molecule has 2 aromatic rings. The van der Waals surface area contributed by atoms with Crippen LogP contribution in [0.1, 0.15) is 11.8 Å². The Morgan fingerprint density at radius 3 is 3.00 bits per heavy atom. The number of thiazole rings is 1. The molecule has 0 unspecified atom stereocenters. The SMILES string of the molecule is CC(=O)Nc1ccc2c(c1)-c1nc(N=C(N)N)sc1CCO2. The normalized spacial score (nSPS) is 12.4. The van der Waals surface area contributed by atoms with Crippen molar-refractivity contribution in [2.75, 3.05) is 11.9 Å². The van der Waals surface area contributed by atoms with Gasteiger partial charge >= 0.3 is 0 Å². The fraction of sp³-hybridized carbons (Fsp3) is 0.214. The number of nitrogens with two attached hydrogens (primary N) is 2. The molecular weight excluding hydrogens is 302 g/mol. The predicted molar refractivity (Wildman–Crippen MR) is 86.5 cm³/mol. The average Bonchev–Trinajstić information content (AvgIpc) is 2.74. The van der Waals surface area contributed by atoms with Crippen molar-refractivity contribution in [1.29, 1.82) is 0 Å². The van der Waals surface area contributed by atoms with E-state index in [1.165, 1.54) is 18.3 Å². The Morgan fingerprint density at radius 1 is 1.45 bits per heavy atom. The third kappa shape index (κ3) is 2.86. The van der Waals surface area contributed by atoms with Crippen LogP contribution in [0.15, 0.2) is 23.2 Å². The maximum atomic E-state index is 11.2. The number of fused-ring (bicyclic) bond motifs is 3. The summed E-state index contributed by atoms with van der Waals surface area (Å²) < 4.78 is 5.74. The molecule has 0 spiro atoms. The van der Waals surface area contributed by atoms with E-state index in [1.54, 1.807) is 6.07 Å². The Kier molecular flexibility index (Phi) is 3.68. The van der Waals surface area contributed by atoms with Gasteiger partial charge in [0.1, 0.15) is 5.75 Å². The summed E-state index contributed by atoms with van der Waals surface area (Å²) in [7, 11) is 0. The average molecular weight is 317 g/mol. The first kappa shape index (κ1) is 14.3. The van der Waals surface area contributed by atoms with Gasteiger partial charge in [-0.15, -0.1) is 0 Å². The summed E-state index contributed by atoms with van der Waals surface area (Å²) in [4.78, 5) is 20.8. The van der Waals surface area contributed by atoms with Gasteiger partial charge in [-0.1, -0.05) is 11.3 Å². The number of carbonyl (C=O) groups is 1. The van der Waals surface area contributed by atoms with Gasteiger partial charge < -0.3 is 21.5 Å². The van der Waals surface area contributed by atoms with Crippen LogP contribution in [0.25, 0.3) is 11.3 Å². The van der Waals surface area contributed by atoms with Crippen LogP contribution in [0.3, 0.4) is 0 Å². The first-order valence-electron chi connectivity index (χ1n) is 6.67. The van der Waals surface area contributed by atoms with Crippen LogP contribution < -0.4 is 21.5 Å². The number of carbonyl (C=O) groups excluding carboxylic acids is 1. The highest BCUT2D eigenvalue weighted by molar-refractivity contribution is 7.15. The van der Waals surface area contributed by atoms with Gasteiger partial charge in [0.2, 0.25) is 11.0 Å². The van der Waals surface area contributed by atoms with Crippen LogP contribution >= 0.6 is 11.3 Å². The van der Waals surface area contributed by atoms with E-state index in [0.717, 1.165) is 28.3 Å². The Hall–Kier alpha value is -2.61. The minimum atomic E-state index is -0.130. The predicted octanol–water partition coefficient (Wildman–Crippen LogP) is 1.61. The van der Waals surface area contributed by atoms with Gasteiger partial charge in [-0.3, -0.25) is 4.79 Å². The number of nitrogens with zero attached hydrogens (tertiary/aromatic N) is 2. The lowest BCUT2D eigenvalue weighted by Crippen LogP contribution is -2.21. The van der Waals surface area contributed by atoms with E-state index in [0.29, 0.717) is 17.4 Å². The van der Waals surface area contributed by atoms with Gasteiger partial charge in [-0.05, 0) is 18.2 Å². The van der Waals surface area contributed by atoms with Crippen molar-refractivity contribution in [3.8, 4) is 17.0 Å². The number of ether oxygens (including phenoxy) is 1. The van der Waals surface area contributed by atoms with E-state index in [-0.39, 0.29) is 11.9 Å². The van der Waals surface area contributed by atoms with Gasteiger partial charge in [0.05, 0.1) is 12.3 Å². The zero-order valence-corrected chi connectivity index (χ0v) is 12.7. The summed E-state index contributed by atoms with van der Waals surface area (Å²) in [6, 6.07) is 5.48. The van der Waals surface area contributed by atoms with Crippen molar-refractivity contribution in [1.82, 2.24) is 4.98 Å². The molecule has 0 atom stereocenters. The zero-order chi connectivity index (χ0) is 15.7. The van der Waals surface area contributed by atoms with E-state index < -0.39 is 0 Å². The molecule has 22 heavy (non-hydrogen) atoms. The Balaban J connectivity index is 2.09. The molecule has 1 amide bonds. The number of aromatic nitrogens is 1. The molecule has 0 aliphatic carbocycles. The number of amides is 1. The van der Waals surface area contributed by atoms with Gasteiger partial charge in [-0.25, -0.2) is 4.98 Å². The van der Waals surface area contributed by atoms with Crippen LogP contribution in [0.4, 0.5) is 10.8 Å². The van der Waals surface area contributed by atoms with Gasteiger partial charge in [-0.2, -0.15) is 4.99 Å². The monoisotopic (exact) mass is 317 g/mol. The minimum Gasteiger partial charge on any atom is -0.493 e. The number of hydrogen-bond acceptors (Lipinski definition) is 5. The number of rotatable bonds is 2. The van der Waals surface area contributed by atoms with Crippen molar-refractivity contribution in [2.24, 2.45) is 16.5 Å². The second-order valence-corrected chi connectivity index (χ2v) is 5.86. The lowest BCUT2D eigenvalue weighted by Gasteiger charge is -2.09. The van der Waals surface area contributed by atoms with Gasteiger partial charge in [0.25, 0.3) is 0 Å². The first-order chi connectivity index (χ1) is 10.5. The maximum Gasteiger partial charge on any atom is 0.221 e. The third-order valence-corrected chi connectivity index (χ3v) is 4.06. The Labute approximate surface area is 131 Å². The van der Waals surface area contributed by atoms with Crippen molar-refractivity contribution in [3.05, 3.63) is 23.1 Å². The maximum absolute atomic E-state index is 11.2. The lowest BCUT2D eigenvalue weighted by atomic mass is 10.1. The number of nitrogens with one attached hydrogen (secondary N) is 1. The highest BCUT2D eigenvalue weighted by atomic mass is 32.1. The molecule has 1 aromatic heterocycles. The molecule has 0 bridgehead atoms. The molecule has 2 heterocycles. The van der Waals surface area contributed by atoms with E-state index in [2.05, 4.69) is 15.3 Å². The molecule has 0 fully saturated rings. The zero-order valence-electron chi connectivity index (χ0n) is 11.9. The third-order valence-electron chi connectivity index (χ3n) is 3.05. The number of hydrogen-bond donors (Lipinski definition) is 3. The molecule has 0 saturated carbocycles. The standard InChI is InChI=1S/C14H15N5O2S/c1-7(20)17-8-2-3-10-9(6-8)12-11(4-5-21-10)22-14(18-12)19-13(15)16/h2-3,6H,4-5H2,1H3,(H,17,20)(H4,15,16,18,19). The first-order valence-corrected chi connectivity index (χ1v) is 7.49. The van der Waals surface area contributed by atoms with Crippen LogP contribution in [-0.4, -0.2) is 23.5 Å². The summed E-state index contributed by atoms with van der Waals surface area (Å²) in [5.74, 6) is 0.580. The molecule has 1 aliphatic heterocycles. The van der Waals surface area contributed by atoms with Crippen molar-refractivity contribution in [3.63, 3.8) is 0 Å². The topological polar surface area (TPSA) is 116 Å². The molecule has 7 nitrogen and oxygen atoms in total. The number of guanidine groups is 1. The van der Waals surface area contributed by atoms with Crippen molar-refractivity contribution in [2.45, 2.75) is 13.3 Å². The summed E-state index contributed by atoms with van der Waals surface area (Å²) in [5, 5.41) is 3.28. The van der Waals surface area contributed by atoms with Gasteiger partial charge in [0.15, 0.2) is 5.96 Å². The number of benzene rings is 1. The molecule has 3 rings (SSSR count). The fourth-order valence-electron chi connectivity index (χ4n) is 2.25. The Bertz CT molecular complexity index is 765. The smallest absolute Gasteiger partial charge is 0.221 e. The molecule has 114 valence electrons. The highest BCUT2D eigenvalue weighted by Crippen LogP contribution is 2.40. The molecule has 0 saturated heterocycles. The Morgan fingerprint density at radius 2 is 2.27 bits per heavy atom. The summed E-state index contributed by atoms with van der Waals surface area (Å²) in [5.41, 5.74) is 13.1. The van der Waals surface area contributed by atoms with Crippen LogP contribution in [0.2, 0.25) is 0 Å². The molecular formula is C14H15N5O2S. The number of anilines is 1. The van der Waals surface area contributed by atoms with Crippen molar-refractivity contribution >= 4 is 34.0 Å². The summed E-state index contributed by atoms with van der Waals surface area (Å²) in [6.07, 6.45) is 0.733. The number of aliphatic imine (C=N–C) groups is 1. The second-order valence-electron chi connectivity index (χ2n) is 4.80. The van der Waals surface area contributed by atoms with Crippen molar-refractivity contribution < 1.29 is 9.53 Å². The van der Waals surface area contributed by atoms with Crippen LogP contribution in [0, 0.1) is 0 Å². The fourth-order valence-corrected chi connectivity index (χ4v) is 3.20.